The third kappa shape index (κ3) is 4.95. The van der Waals surface area contributed by atoms with Crippen LogP contribution in [0.2, 0.25) is 0 Å². The van der Waals surface area contributed by atoms with Crippen LogP contribution in [0.1, 0.15) is 65.7 Å². The lowest BCUT2D eigenvalue weighted by atomic mass is 9.77. The molecule has 9 unspecified atom stereocenters. The highest BCUT2D eigenvalue weighted by atomic mass is 19.1. The van der Waals surface area contributed by atoms with Gasteiger partial charge in [-0.2, -0.15) is 5.26 Å². The molecule has 3 saturated carbocycles. The fraction of sp³-hybridized carbons (Fsp3) is 0.697. The molecule has 3 aliphatic heterocycles. The van der Waals surface area contributed by atoms with Crippen molar-refractivity contribution in [2.24, 2.45) is 29.1 Å². The summed E-state index contributed by atoms with van der Waals surface area (Å²) in [5, 5.41) is 15.7. The van der Waals surface area contributed by atoms with Gasteiger partial charge in [0, 0.05) is 19.2 Å². The number of alkyl carbamates (subject to hydrolysis) is 1. The quantitative estimate of drug-likeness (QED) is 0.511. The smallest absolute Gasteiger partial charge is 0.408 e. The Balaban J connectivity index is 1.19. The molecular formula is C33H41FN6O6. The number of nitrogens with zero attached hydrogens (tertiary/aromatic N) is 4. The number of likely N-dealkylation sites (tertiary alicyclic amines) is 2. The fourth-order valence-corrected chi connectivity index (χ4v) is 9.05. The van der Waals surface area contributed by atoms with Crippen LogP contribution in [-0.4, -0.2) is 87.7 Å². The molecule has 246 valence electrons. The van der Waals surface area contributed by atoms with E-state index in [-0.39, 0.29) is 49.2 Å². The van der Waals surface area contributed by atoms with Gasteiger partial charge in [0.2, 0.25) is 17.4 Å². The Morgan fingerprint density at radius 3 is 2.70 bits per heavy atom. The second kappa shape index (κ2) is 11.1. The van der Waals surface area contributed by atoms with Crippen LogP contribution >= 0.6 is 0 Å². The van der Waals surface area contributed by atoms with Crippen molar-refractivity contribution in [2.45, 2.75) is 102 Å². The predicted molar refractivity (Wildman–Crippen MR) is 161 cm³/mol. The summed E-state index contributed by atoms with van der Waals surface area (Å²) in [6.45, 7) is 5.56. The van der Waals surface area contributed by atoms with Gasteiger partial charge in [-0.05, 0) is 79.7 Å². The lowest BCUT2D eigenvalue weighted by molar-refractivity contribution is -0.149. The minimum Gasteiger partial charge on any atom is -0.472 e. The van der Waals surface area contributed by atoms with Crippen molar-refractivity contribution < 1.29 is 33.0 Å². The molecule has 3 aliphatic carbocycles. The van der Waals surface area contributed by atoms with Gasteiger partial charge in [-0.25, -0.2) is 14.2 Å². The molecule has 4 heterocycles. The summed E-state index contributed by atoms with van der Waals surface area (Å²) in [5.41, 5.74) is -2.25. The highest BCUT2D eigenvalue weighted by Crippen LogP contribution is 2.59. The summed E-state index contributed by atoms with van der Waals surface area (Å²) >= 11 is 0. The minimum atomic E-state index is -1.52. The molecule has 13 heteroatoms. The summed E-state index contributed by atoms with van der Waals surface area (Å²) in [5.74, 6) is -1.71. The lowest BCUT2D eigenvalue weighted by Gasteiger charge is -2.39. The second-order valence-electron chi connectivity index (χ2n) is 15.1. The maximum Gasteiger partial charge on any atom is 0.408 e. The molecule has 5 fully saturated rings. The van der Waals surface area contributed by atoms with Gasteiger partial charge in [0.05, 0.1) is 12.6 Å². The maximum atomic E-state index is 15.3. The van der Waals surface area contributed by atoms with Crippen LogP contribution in [0.25, 0.3) is 0 Å². The lowest BCUT2D eigenvalue weighted by Crippen LogP contribution is -2.60. The first-order valence-corrected chi connectivity index (χ1v) is 16.5. The third-order valence-corrected chi connectivity index (χ3v) is 11.2. The van der Waals surface area contributed by atoms with Crippen molar-refractivity contribution in [3.8, 4) is 11.8 Å². The van der Waals surface area contributed by atoms with Crippen LogP contribution in [0.15, 0.2) is 18.3 Å². The van der Waals surface area contributed by atoms with E-state index in [1.807, 2.05) is 20.8 Å². The van der Waals surface area contributed by atoms with E-state index in [0.29, 0.717) is 18.6 Å². The number of amides is 4. The second-order valence-corrected chi connectivity index (χ2v) is 15.1. The number of nitrogens with one attached hydrogen (secondary N) is 2. The van der Waals surface area contributed by atoms with E-state index < -0.39 is 65.0 Å². The molecule has 4 amide bonds. The molecule has 9 atom stereocenters. The van der Waals surface area contributed by atoms with Crippen molar-refractivity contribution >= 4 is 29.6 Å². The first kappa shape index (κ1) is 30.7. The molecule has 46 heavy (non-hydrogen) atoms. The number of hydrogen-bond donors (Lipinski definition) is 2. The van der Waals surface area contributed by atoms with Crippen LogP contribution < -0.4 is 15.4 Å². The monoisotopic (exact) mass is 636 g/mol. The van der Waals surface area contributed by atoms with Gasteiger partial charge >= 0.3 is 6.09 Å². The summed E-state index contributed by atoms with van der Waals surface area (Å²) in [4.78, 5) is 62.6. The van der Waals surface area contributed by atoms with Crippen molar-refractivity contribution in [2.75, 3.05) is 18.4 Å². The number of ether oxygens (including phenoxy) is 2. The number of alkyl halides is 1. The summed E-state index contributed by atoms with van der Waals surface area (Å²) < 4.78 is 27.1. The number of anilines is 1. The van der Waals surface area contributed by atoms with Crippen LogP contribution in [0.5, 0.6) is 5.75 Å². The number of halogens is 1. The number of hydrogen-bond acceptors (Lipinski definition) is 8. The van der Waals surface area contributed by atoms with E-state index >= 15 is 4.39 Å². The average Bonchev–Trinajstić information content (AvgIpc) is 3.83. The van der Waals surface area contributed by atoms with Gasteiger partial charge in [0.15, 0.2) is 11.6 Å². The molecule has 12 nitrogen and oxygen atoms in total. The van der Waals surface area contributed by atoms with Gasteiger partial charge in [-0.15, -0.1) is 0 Å². The van der Waals surface area contributed by atoms with Gasteiger partial charge < -0.3 is 29.9 Å². The minimum absolute atomic E-state index is 0.0413. The Morgan fingerprint density at radius 1 is 1.22 bits per heavy atom. The Kier molecular flexibility index (Phi) is 7.40. The summed E-state index contributed by atoms with van der Waals surface area (Å²) in [6, 6.07) is 2.42. The topological polar surface area (TPSA) is 154 Å². The summed E-state index contributed by atoms with van der Waals surface area (Å²) in [6.07, 6.45) is 4.08. The predicted octanol–water partition coefficient (Wildman–Crippen LogP) is 3.18. The molecule has 2 saturated heterocycles. The Bertz CT molecular complexity index is 1490. The first-order valence-electron chi connectivity index (χ1n) is 16.5. The average molecular weight is 637 g/mol. The van der Waals surface area contributed by atoms with Crippen LogP contribution in [0.3, 0.4) is 0 Å². The molecule has 0 aromatic carbocycles. The van der Waals surface area contributed by atoms with E-state index in [1.165, 1.54) is 16.0 Å². The van der Waals surface area contributed by atoms with Gasteiger partial charge in [0.1, 0.15) is 30.4 Å². The number of rotatable bonds is 4. The number of carbonyl (C=O) groups excluding carboxylic acids is 4. The van der Waals surface area contributed by atoms with Crippen molar-refractivity contribution in [3.63, 3.8) is 0 Å². The first-order chi connectivity index (χ1) is 21.9. The Hall–Kier alpha value is -3.95. The summed E-state index contributed by atoms with van der Waals surface area (Å²) in [7, 11) is 0. The highest BCUT2D eigenvalue weighted by molar-refractivity contribution is 6.01. The number of pyridine rings is 1. The Labute approximate surface area is 267 Å². The van der Waals surface area contributed by atoms with E-state index in [0.717, 1.165) is 25.7 Å². The standard InChI is InChI=1S/C33H41FN6O6/c1-32(2,3)26(37-31(44)45-19-7-4-5-8-19)29(42)39-15-21-17-11-20(22(34)12-17)24(21)25(39)28(41)40-16-33(13-18(40)14-35)30(43)38-27-23(46-33)9-6-10-36-27/h6,9-10,17-22,24-26H,4-5,7-8,11-13,15-16H2,1-3H3,(H,37,44)(H,36,38,43). The van der Waals surface area contributed by atoms with Gasteiger partial charge in [0.25, 0.3) is 5.91 Å². The maximum absolute atomic E-state index is 15.3. The fourth-order valence-electron chi connectivity index (χ4n) is 9.05. The number of fused-ring (bicyclic) bond motifs is 6. The van der Waals surface area contributed by atoms with Gasteiger partial charge in [-0.1, -0.05) is 20.8 Å². The van der Waals surface area contributed by atoms with E-state index in [1.54, 1.807) is 12.1 Å². The molecular weight excluding hydrogens is 595 g/mol. The Morgan fingerprint density at radius 2 is 1.98 bits per heavy atom. The number of aromatic nitrogens is 1. The zero-order valence-electron chi connectivity index (χ0n) is 26.4. The van der Waals surface area contributed by atoms with E-state index in [2.05, 4.69) is 21.7 Å². The molecule has 1 spiro atoms. The molecule has 1 aromatic heterocycles. The SMILES string of the molecule is CC(C)(C)C(NC(=O)OC1CCCC1)C(=O)N1CC2C3CC(F)C(C3)C2C1C(=O)N1CC2(CC1C#N)Oc1cccnc1NC2=O. The van der Waals surface area contributed by atoms with E-state index in [9.17, 15) is 24.4 Å². The van der Waals surface area contributed by atoms with Crippen LogP contribution in [0.4, 0.5) is 15.0 Å². The van der Waals surface area contributed by atoms with Crippen molar-refractivity contribution in [1.82, 2.24) is 20.1 Å². The normalized spacial score (nSPS) is 35.3. The third-order valence-electron chi connectivity index (χ3n) is 11.2. The number of carbonyl (C=O) groups is 4. The molecule has 0 radical (unpaired) electrons. The van der Waals surface area contributed by atoms with Crippen LogP contribution in [0, 0.1) is 40.4 Å². The van der Waals surface area contributed by atoms with E-state index in [4.69, 9.17) is 9.47 Å². The van der Waals surface area contributed by atoms with Crippen molar-refractivity contribution in [3.05, 3.63) is 18.3 Å². The molecule has 7 rings (SSSR count). The van der Waals surface area contributed by atoms with Gasteiger partial charge in [-0.3, -0.25) is 14.4 Å². The zero-order chi connectivity index (χ0) is 32.5. The highest BCUT2D eigenvalue weighted by Gasteiger charge is 2.65. The molecule has 6 aliphatic rings. The molecule has 2 N–H and O–H groups in total. The van der Waals surface area contributed by atoms with Crippen molar-refractivity contribution in [1.29, 1.82) is 5.26 Å². The largest absolute Gasteiger partial charge is 0.472 e. The number of nitriles is 1. The zero-order valence-corrected chi connectivity index (χ0v) is 26.4. The van der Waals surface area contributed by atoms with Crippen LogP contribution in [-0.2, 0) is 19.1 Å². The molecule has 1 aromatic rings. The molecule has 2 bridgehead atoms.